The van der Waals surface area contributed by atoms with E-state index in [0.29, 0.717) is 11.3 Å². The van der Waals surface area contributed by atoms with Crippen molar-refractivity contribution in [2.75, 3.05) is 5.32 Å². The Bertz CT molecular complexity index is 666. The number of H-pyrrole nitrogens is 1. The lowest BCUT2D eigenvalue weighted by atomic mass is 10.1. The van der Waals surface area contributed by atoms with Gasteiger partial charge in [-0.15, -0.1) is 0 Å². The predicted octanol–water partition coefficient (Wildman–Crippen LogP) is 3.64. The quantitative estimate of drug-likeness (QED) is 0.821. The van der Waals surface area contributed by atoms with Crippen molar-refractivity contribution in [1.82, 2.24) is 4.98 Å². The van der Waals surface area contributed by atoms with Crippen LogP contribution in [0.25, 0.3) is 10.9 Å². The highest BCUT2D eigenvalue weighted by molar-refractivity contribution is 6.01. The summed E-state index contributed by atoms with van der Waals surface area (Å²) < 4.78 is 5.19. The van der Waals surface area contributed by atoms with Gasteiger partial charge < -0.3 is 9.72 Å². The molecule has 0 bridgehead atoms. The third kappa shape index (κ3) is 2.99. The van der Waals surface area contributed by atoms with Gasteiger partial charge in [0.05, 0.1) is 0 Å². The first-order chi connectivity index (χ1) is 9.30. The summed E-state index contributed by atoms with van der Waals surface area (Å²) in [6.07, 6.45) is 0.294. The topological polar surface area (TPSA) is 71.2 Å². The first-order valence-corrected chi connectivity index (χ1v) is 6.37. The lowest BCUT2D eigenvalue weighted by Crippen LogP contribution is -2.27. The zero-order valence-corrected chi connectivity index (χ0v) is 12.0. The van der Waals surface area contributed by atoms with Crippen LogP contribution in [0.1, 0.15) is 36.8 Å². The first kappa shape index (κ1) is 14.1. The standard InChI is InChI=1S/C15H18N2O3/c1-9-12(8-18)11-7-10(5-6-13(11)16-9)17-14(19)20-15(2,3)4/h5-8,16H,1-4H3,(H,17,19). The van der Waals surface area contributed by atoms with Crippen molar-refractivity contribution in [2.24, 2.45) is 0 Å². The maximum Gasteiger partial charge on any atom is 0.412 e. The first-order valence-electron chi connectivity index (χ1n) is 6.37. The van der Waals surface area contributed by atoms with E-state index in [1.54, 1.807) is 32.9 Å². The van der Waals surface area contributed by atoms with Crippen LogP contribution >= 0.6 is 0 Å². The number of hydrogen-bond acceptors (Lipinski definition) is 3. The van der Waals surface area contributed by atoms with Crippen molar-refractivity contribution in [3.05, 3.63) is 29.5 Å². The van der Waals surface area contributed by atoms with Gasteiger partial charge in [-0.1, -0.05) is 0 Å². The summed E-state index contributed by atoms with van der Waals surface area (Å²) in [5, 5.41) is 3.44. The minimum Gasteiger partial charge on any atom is -0.444 e. The average molecular weight is 274 g/mol. The van der Waals surface area contributed by atoms with Crippen LogP contribution in [0, 0.1) is 6.92 Å². The maximum absolute atomic E-state index is 11.7. The number of ether oxygens (including phenoxy) is 1. The Balaban J connectivity index is 2.28. The largest absolute Gasteiger partial charge is 0.444 e. The second kappa shape index (κ2) is 5.00. The maximum atomic E-state index is 11.7. The van der Waals surface area contributed by atoms with Gasteiger partial charge in [-0.25, -0.2) is 4.79 Å². The van der Waals surface area contributed by atoms with E-state index >= 15 is 0 Å². The van der Waals surface area contributed by atoms with Gasteiger partial charge in [0.1, 0.15) is 5.60 Å². The number of carbonyl (C=O) groups is 2. The minimum absolute atomic E-state index is 0.517. The molecule has 0 fully saturated rings. The molecule has 0 unspecified atom stereocenters. The lowest BCUT2D eigenvalue weighted by Gasteiger charge is -2.19. The number of aromatic amines is 1. The monoisotopic (exact) mass is 274 g/mol. The van der Waals surface area contributed by atoms with Crippen LogP contribution in [0.15, 0.2) is 18.2 Å². The van der Waals surface area contributed by atoms with E-state index in [-0.39, 0.29) is 0 Å². The second-order valence-corrected chi connectivity index (χ2v) is 5.67. The van der Waals surface area contributed by atoms with Crippen molar-refractivity contribution >= 4 is 29.0 Å². The Hall–Kier alpha value is -2.30. The summed E-state index contributed by atoms with van der Waals surface area (Å²) in [6.45, 7) is 7.24. The number of aldehydes is 1. The van der Waals surface area contributed by atoms with Gasteiger partial charge in [0, 0.05) is 27.8 Å². The smallest absolute Gasteiger partial charge is 0.412 e. The minimum atomic E-state index is -0.549. The fourth-order valence-corrected chi connectivity index (χ4v) is 2.00. The van der Waals surface area contributed by atoms with E-state index in [1.165, 1.54) is 0 Å². The number of amides is 1. The van der Waals surface area contributed by atoms with E-state index in [0.717, 1.165) is 22.9 Å². The van der Waals surface area contributed by atoms with Gasteiger partial charge in [-0.05, 0) is 45.9 Å². The molecule has 0 aliphatic heterocycles. The van der Waals surface area contributed by atoms with Crippen LogP contribution in [-0.2, 0) is 4.74 Å². The normalized spacial score (nSPS) is 11.4. The summed E-state index contributed by atoms with van der Waals surface area (Å²) >= 11 is 0. The van der Waals surface area contributed by atoms with Crippen LogP contribution in [0.4, 0.5) is 10.5 Å². The Morgan fingerprint density at radius 3 is 2.65 bits per heavy atom. The molecular weight excluding hydrogens is 256 g/mol. The molecule has 2 aromatic rings. The molecule has 2 rings (SSSR count). The zero-order chi connectivity index (χ0) is 14.9. The molecule has 0 aliphatic carbocycles. The van der Waals surface area contributed by atoms with E-state index < -0.39 is 11.7 Å². The van der Waals surface area contributed by atoms with Crippen molar-refractivity contribution in [3.63, 3.8) is 0 Å². The molecule has 0 radical (unpaired) electrons. The summed E-state index contributed by atoms with van der Waals surface area (Å²) in [6, 6.07) is 5.34. The lowest BCUT2D eigenvalue weighted by molar-refractivity contribution is 0.0636. The third-order valence-electron chi connectivity index (χ3n) is 2.80. The van der Waals surface area contributed by atoms with Crippen LogP contribution in [0.3, 0.4) is 0 Å². The molecule has 0 saturated carbocycles. The van der Waals surface area contributed by atoms with Gasteiger partial charge in [-0.3, -0.25) is 10.1 Å². The van der Waals surface area contributed by atoms with Gasteiger partial charge in [0.15, 0.2) is 6.29 Å². The number of benzene rings is 1. The molecule has 5 nitrogen and oxygen atoms in total. The van der Waals surface area contributed by atoms with E-state index in [4.69, 9.17) is 4.74 Å². The van der Waals surface area contributed by atoms with E-state index in [2.05, 4.69) is 10.3 Å². The highest BCUT2D eigenvalue weighted by atomic mass is 16.6. The number of nitrogens with one attached hydrogen (secondary N) is 2. The molecule has 1 aromatic heterocycles. The number of aromatic nitrogens is 1. The Morgan fingerprint density at radius 2 is 2.05 bits per heavy atom. The third-order valence-corrected chi connectivity index (χ3v) is 2.80. The fourth-order valence-electron chi connectivity index (χ4n) is 2.00. The van der Waals surface area contributed by atoms with Gasteiger partial charge in [0.25, 0.3) is 0 Å². The number of hydrogen-bond donors (Lipinski definition) is 2. The van der Waals surface area contributed by atoms with Crippen molar-refractivity contribution in [3.8, 4) is 0 Å². The molecule has 1 amide bonds. The van der Waals surface area contributed by atoms with Crippen molar-refractivity contribution < 1.29 is 14.3 Å². The molecule has 106 valence electrons. The van der Waals surface area contributed by atoms with Crippen LogP contribution < -0.4 is 5.32 Å². The second-order valence-electron chi connectivity index (χ2n) is 5.67. The van der Waals surface area contributed by atoms with Gasteiger partial charge in [-0.2, -0.15) is 0 Å². The van der Waals surface area contributed by atoms with Gasteiger partial charge >= 0.3 is 6.09 Å². The van der Waals surface area contributed by atoms with Crippen LogP contribution in [0.2, 0.25) is 0 Å². The summed E-state index contributed by atoms with van der Waals surface area (Å²) in [5.41, 5.74) is 2.32. The predicted molar refractivity (Wildman–Crippen MR) is 78.3 cm³/mol. The molecule has 1 heterocycles. The molecule has 5 heteroatoms. The molecule has 0 spiro atoms. The summed E-state index contributed by atoms with van der Waals surface area (Å²) in [7, 11) is 0. The van der Waals surface area contributed by atoms with E-state index in [9.17, 15) is 9.59 Å². The molecule has 2 N–H and O–H groups in total. The number of rotatable bonds is 2. The molecule has 0 aliphatic rings. The fraction of sp³-hybridized carbons (Fsp3) is 0.333. The Morgan fingerprint density at radius 1 is 1.35 bits per heavy atom. The SMILES string of the molecule is Cc1[nH]c2ccc(NC(=O)OC(C)(C)C)cc2c1C=O. The molecular formula is C15H18N2O3. The summed E-state index contributed by atoms with van der Waals surface area (Å²) in [4.78, 5) is 25.9. The number of anilines is 1. The molecule has 0 atom stereocenters. The molecule has 20 heavy (non-hydrogen) atoms. The Kier molecular flexibility index (Phi) is 3.53. The zero-order valence-electron chi connectivity index (χ0n) is 12.0. The van der Waals surface area contributed by atoms with Gasteiger partial charge in [0.2, 0.25) is 0 Å². The van der Waals surface area contributed by atoms with Crippen LogP contribution in [-0.4, -0.2) is 23.0 Å². The van der Waals surface area contributed by atoms with Crippen molar-refractivity contribution in [2.45, 2.75) is 33.3 Å². The number of fused-ring (bicyclic) bond motifs is 1. The highest BCUT2D eigenvalue weighted by Gasteiger charge is 2.16. The summed E-state index contributed by atoms with van der Waals surface area (Å²) in [5.74, 6) is 0. The van der Waals surface area contributed by atoms with E-state index in [1.807, 2.05) is 13.0 Å². The number of carbonyl (C=O) groups excluding carboxylic acids is 2. The van der Waals surface area contributed by atoms with Crippen LogP contribution in [0.5, 0.6) is 0 Å². The molecule has 0 saturated heterocycles. The molecule has 1 aromatic carbocycles. The number of aryl methyl sites for hydroxylation is 1. The van der Waals surface area contributed by atoms with Crippen molar-refractivity contribution in [1.29, 1.82) is 0 Å². The average Bonchev–Trinajstić information content (AvgIpc) is 2.61. The highest BCUT2D eigenvalue weighted by Crippen LogP contribution is 2.24. The Labute approximate surface area is 117 Å².